The van der Waals surface area contributed by atoms with Gasteiger partial charge in [-0.3, -0.25) is 4.79 Å². The fourth-order valence-corrected chi connectivity index (χ4v) is 0.847. The summed E-state index contributed by atoms with van der Waals surface area (Å²) in [7, 11) is 0. The van der Waals surface area contributed by atoms with E-state index in [0.717, 1.165) is 0 Å². The summed E-state index contributed by atoms with van der Waals surface area (Å²) in [4.78, 5) is 18.5. The van der Waals surface area contributed by atoms with E-state index < -0.39 is 0 Å². The van der Waals surface area contributed by atoms with Gasteiger partial charge in [-0.2, -0.15) is 4.98 Å². The van der Waals surface area contributed by atoms with Crippen LogP contribution in [-0.4, -0.2) is 29.1 Å². The molecule has 0 aromatic carbocycles. The summed E-state index contributed by atoms with van der Waals surface area (Å²) < 4.78 is 4.72. The van der Waals surface area contributed by atoms with Crippen LogP contribution in [0, 0.1) is 0 Å². The minimum absolute atomic E-state index is 0.0737. The van der Waals surface area contributed by atoms with E-state index >= 15 is 0 Å². The molecule has 0 saturated carbocycles. The second-order valence-corrected chi connectivity index (χ2v) is 2.46. The van der Waals surface area contributed by atoms with E-state index in [1.165, 1.54) is 6.20 Å². The summed E-state index contributed by atoms with van der Waals surface area (Å²) >= 11 is 0. The Kier molecular flexibility index (Phi) is 3.66. The van der Waals surface area contributed by atoms with Gasteiger partial charge in [-0.1, -0.05) is 0 Å². The molecule has 6 nitrogen and oxygen atoms in total. The summed E-state index contributed by atoms with van der Waals surface area (Å²) in [6.45, 7) is 2.19. The van der Waals surface area contributed by atoms with E-state index in [-0.39, 0.29) is 18.5 Å². The molecule has 0 aliphatic carbocycles. The monoisotopic (exact) mass is 196 g/mol. The van der Waals surface area contributed by atoms with Gasteiger partial charge in [0.05, 0.1) is 6.61 Å². The lowest BCUT2D eigenvalue weighted by molar-refractivity contribution is -0.140. The van der Waals surface area contributed by atoms with Crippen LogP contribution in [0.1, 0.15) is 6.92 Å². The maximum atomic E-state index is 10.9. The molecule has 6 heteroatoms. The Morgan fingerprint density at radius 2 is 2.50 bits per heavy atom. The average Bonchev–Trinajstić information content (AvgIpc) is 2.15. The molecule has 1 heterocycles. The van der Waals surface area contributed by atoms with Crippen molar-refractivity contribution in [1.29, 1.82) is 0 Å². The molecule has 76 valence electrons. The van der Waals surface area contributed by atoms with Gasteiger partial charge in [-0.15, -0.1) is 0 Å². The highest BCUT2D eigenvalue weighted by Gasteiger charge is 2.01. The Morgan fingerprint density at radius 1 is 1.71 bits per heavy atom. The van der Waals surface area contributed by atoms with Gasteiger partial charge in [0.2, 0.25) is 5.95 Å². The zero-order chi connectivity index (χ0) is 10.4. The van der Waals surface area contributed by atoms with Gasteiger partial charge in [0.25, 0.3) is 0 Å². The standard InChI is InChI=1S/C8H12N4O2/c1-2-14-7(13)5-11-6-3-4-10-8(9)12-6/h3-4H,2,5H2,1H3,(H3,9,10,11,12). The molecule has 1 aromatic rings. The first-order valence-corrected chi connectivity index (χ1v) is 4.20. The van der Waals surface area contributed by atoms with Crippen LogP contribution in [0.4, 0.5) is 11.8 Å². The van der Waals surface area contributed by atoms with Crippen molar-refractivity contribution in [3.8, 4) is 0 Å². The maximum Gasteiger partial charge on any atom is 0.325 e. The first-order valence-electron chi connectivity index (χ1n) is 4.20. The lowest BCUT2D eigenvalue weighted by Gasteiger charge is -2.04. The van der Waals surface area contributed by atoms with Gasteiger partial charge >= 0.3 is 5.97 Å². The number of nitrogens with one attached hydrogen (secondary N) is 1. The number of hydrogen-bond acceptors (Lipinski definition) is 6. The Balaban J connectivity index is 2.41. The summed E-state index contributed by atoms with van der Waals surface area (Å²) in [6.07, 6.45) is 1.51. The fourth-order valence-electron chi connectivity index (χ4n) is 0.847. The van der Waals surface area contributed by atoms with Crippen LogP contribution in [0.3, 0.4) is 0 Å². The lowest BCUT2D eigenvalue weighted by Crippen LogP contribution is -2.17. The van der Waals surface area contributed by atoms with Crippen LogP contribution in [0.5, 0.6) is 0 Å². The minimum atomic E-state index is -0.329. The first kappa shape index (κ1) is 10.2. The Morgan fingerprint density at radius 3 is 3.14 bits per heavy atom. The van der Waals surface area contributed by atoms with Crippen molar-refractivity contribution in [3.63, 3.8) is 0 Å². The molecule has 3 N–H and O–H groups in total. The van der Waals surface area contributed by atoms with Crippen molar-refractivity contribution >= 4 is 17.7 Å². The topological polar surface area (TPSA) is 90.1 Å². The Bertz CT molecular complexity index is 316. The van der Waals surface area contributed by atoms with E-state index in [9.17, 15) is 4.79 Å². The number of aromatic nitrogens is 2. The molecule has 0 aliphatic heterocycles. The highest BCUT2D eigenvalue weighted by atomic mass is 16.5. The van der Waals surface area contributed by atoms with Gasteiger partial charge in [0.15, 0.2) is 0 Å². The number of anilines is 2. The molecule has 0 atom stereocenters. The van der Waals surface area contributed by atoms with E-state index in [0.29, 0.717) is 12.4 Å². The first-order chi connectivity index (χ1) is 6.72. The van der Waals surface area contributed by atoms with Crippen molar-refractivity contribution in [2.45, 2.75) is 6.92 Å². The van der Waals surface area contributed by atoms with Crippen LogP contribution in [0.25, 0.3) is 0 Å². The van der Waals surface area contributed by atoms with Gasteiger partial charge in [-0.05, 0) is 13.0 Å². The van der Waals surface area contributed by atoms with Gasteiger partial charge in [0, 0.05) is 6.20 Å². The number of nitrogens with zero attached hydrogens (tertiary/aromatic N) is 2. The third-order valence-corrected chi connectivity index (χ3v) is 1.39. The summed E-state index contributed by atoms with van der Waals surface area (Å²) in [5, 5.41) is 2.76. The van der Waals surface area contributed by atoms with Crippen LogP contribution in [0.2, 0.25) is 0 Å². The number of hydrogen-bond donors (Lipinski definition) is 2. The summed E-state index contributed by atoms with van der Waals surface area (Å²) in [5.41, 5.74) is 5.35. The van der Waals surface area contributed by atoms with Gasteiger partial charge in [-0.25, -0.2) is 4.98 Å². The zero-order valence-corrected chi connectivity index (χ0v) is 7.86. The van der Waals surface area contributed by atoms with E-state index in [1.807, 2.05) is 0 Å². The molecule has 1 rings (SSSR count). The van der Waals surface area contributed by atoms with Crippen LogP contribution >= 0.6 is 0 Å². The summed E-state index contributed by atoms with van der Waals surface area (Å²) in [6, 6.07) is 1.62. The number of carbonyl (C=O) groups is 1. The number of carbonyl (C=O) groups excluding carboxylic acids is 1. The minimum Gasteiger partial charge on any atom is -0.465 e. The SMILES string of the molecule is CCOC(=O)CNc1ccnc(N)n1. The van der Waals surface area contributed by atoms with Crippen molar-refractivity contribution < 1.29 is 9.53 Å². The average molecular weight is 196 g/mol. The predicted octanol–water partition coefficient (Wildman–Crippen LogP) is 0.0338. The largest absolute Gasteiger partial charge is 0.465 e. The van der Waals surface area contributed by atoms with E-state index in [4.69, 9.17) is 10.5 Å². The predicted molar refractivity (Wildman–Crippen MR) is 51.6 cm³/mol. The highest BCUT2D eigenvalue weighted by molar-refractivity contribution is 5.74. The van der Waals surface area contributed by atoms with Crippen LogP contribution < -0.4 is 11.1 Å². The molecular formula is C8H12N4O2. The molecule has 0 bridgehead atoms. The van der Waals surface area contributed by atoms with Crippen LogP contribution in [-0.2, 0) is 9.53 Å². The molecule has 0 fully saturated rings. The normalized spacial score (nSPS) is 9.50. The second-order valence-electron chi connectivity index (χ2n) is 2.46. The van der Waals surface area contributed by atoms with Crippen molar-refractivity contribution in [2.75, 3.05) is 24.2 Å². The van der Waals surface area contributed by atoms with E-state index in [2.05, 4.69) is 15.3 Å². The Labute approximate surface area is 81.5 Å². The second kappa shape index (κ2) is 5.00. The van der Waals surface area contributed by atoms with Gasteiger partial charge in [0.1, 0.15) is 12.4 Å². The molecule has 0 radical (unpaired) electrons. The van der Waals surface area contributed by atoms with Crippen molar-refractivity contribution in [2.24, 2.45) is 0 Å². The number of nitrogen functional groups attached to an aromatic ring is 1. The summed E-state index contributed by atoms with van der Waals surface area (Å²) in [5.74, 6) is 0.342. The quantitative estimate of drug-likeness (QED) is 0.660. The van der Waals surface area contributed by atoms with Crippen molar-refractivity contribution in [3.05, 3.63) is 12.3 Å². The fraction of sp³-hybridized carbons (Fsp3) is 0.375. The van der Waals surface area contributed by atoms with E-state index in [1.54, 1.807) is 13.0 Å². The molecule has 0 spiro atoms. The number of nitrogens with two attached hydrogens (primary N) is 1. The smallest absolute Gasteiger partial charge is 0.325 e. The number of esters is 1. The van der Waals surface area contributed by atoms with Crippen LogP contribution in [0.15, 0.2) is 12.3 Å². The number of rotatable bonds is 4. The molecule has 0 aliphatic rings. The maximum absolute atomic E-state index is 10.9. The zero-order valence-electron chi connectivity index (χ0n) is 7.86. The van der Waals surface area contributed by atoms with Crippen molar-refractivity contribution in [1.82, 2.24) is 9.97 Å². The third-order valence-electron chi connectivity index (χ3n) is 1.39. The molecule has 0 saturated heterocycles. The van der Waals surface area contributed by atoms with Gasteiger partial charge < -0.3 is 15.8 Å². The molecule has 1 aromatic heterocycles. The molecule has 0 amide bonds. The Hall–Kier alpha value is -1.85. The molecular weight excluding hydrogens is 184 g/mol. The highest BCUT2D eigenvalue weighted by Crippen LogP contribution is 2.01. The third kappa shape index (κ3) is 3.26. The molecule has 0 unspecified atom stereocenters. The number of ether oxygens (including phenoxy) is 1. The lowest BCUT2D eigenvalue weighted by atomic mass is 10.5. The molecule has 14 heavy (non-hydrogen) atoms.